The molecule has 1 aromatic rings. The van der Waals surface area contributed by atoms with Gasteiger partial charge in [0.2, 0.25) is 0 Å². The number of nitrogens with one attached hydrogen (secondary N) is 1. The van der Waals surface area contributed by atoms with E-state index in [1.165, 1.54) is 30.1 Å². The number of carbonyl (C=O) groups excluding carboxylic acids is 1. The summed E-state index contributed by atoms with van der Waals surface area (Å²) in [5.41, 5.74) is 6.03. The third-order valence-corrected chi connectivity index (χ3v) is 4.69. The fraction of sp³-hybridized carbons (Fsp3) is 0.636. The highest BCUT2D eigenvalue weighted by atomic mass is 32.2. The van der Waals surface area contributed by atoms with Gasteiger partial charge >= 0.3 is 5.97 Å². The van der Waals surface area contributed by atoms with Crippen molar-refractivity contribution in [1.82, 2.24) is 9.27 Å². The van der Waals surface area contributed by atoms with E-state index in [0.717, 1.165) is 26.2 Å². The highest BCUT2D eigenvalue weighted by molar-refractivity contribution is 7.99. The number of nitrogens with two attached hydrogens (primary N) is 1. The molecule has 0 saturated carbocycles. The number of nitrogens with zero attached hydrogens (tertiary/aromatic N) is 2. The topological polar surface area (TPSA) is 80.5 Å². The molecule has 6 nitrogen and oxygen atoms in total. The van der Waals surface area contributed by atoms with Crippen LogP contribution in [0.15, 0.2) is 0 Å². The molecule has 2 rings (SSSR count). The molecule has 1 aliphatic rings. The van der Waals surface area contributed by atoms with Gasteiger partial charge in [0.15, 0.2) is 5.82 Å². The van der Waals surface area contributed by atoms with E-state index in [0.29, 0.717) is 10.6 Å². The van der Waals surface area contributed by atoms with E-state index >= 15 is 0 Å². The van der Waals surface area contributed by atoms with Crippen molar-refractivity contribution in [1.29, 1.82) is 0 Å². The first-order chi connectivity index (χ1) is 9.22. The molecule has 0 amide bonds. The van der Waals surface area contributed by atoms with Gasteiger partial charge in [-0.2, -0.15) is 16.1 Å². The van der Waals surface area contributed by atoms with Crippen LogP contribution in [0.25, 0.3) is 0 Å². The third kappa shape index (κ3) is 3.74. The molecule has 106 valence electrons. The third-order valence-electron chi connectivity index (χ3n) is 2.93. The molecule has 0 bridgehead atoms. The summed E-state index contributed by atoms with van der Waals surface area (Å²) < 4.78 is 8.70. The molecule has 1 saturated heterocycles. The number of rotatable bonds is 5. The first-order valence-corrected chi connectivity index (χ1v) is 8.02. The van der Waals surface area contributed by atoms with Crippen molar-refractivity contribution < 1.29 is 9.53 Å². The van der Waals surface area contributed by atoms with E-state index in [9.17, 15) is 4.79 Å². The van der Waals surface area contributed by atoms with Crippen molar-refractivity contribution in [2.24, 2.45) is 0 Å². The largest absolute Gasteiger partial charge is 0.465 e. The lowest BCUT2D eigenvalue weighted by Gasteiger charge is -2.26. The molecular weight excluding hydrogens is 284 g/mol. The highest BCUT2D eigenvalue weighted by Crippen LogP contribution is 2.27. The summed E-state index contributed by atoms with van der Waals surface area (Å²) in [5, 5.41) is 3.91. The fourth-order valence-corrected chi connectivity index (χ4v) is 3.58. The molecule has 3 N–H and O–H groups in total. The monoisotopic (exact) mass is 302 g/mol. The van der Waals surface area contributed by atoms with Crippen molar-refractivity contribution in [2.45, 2.75) is 0 Å². The molecule has 0 aromatic carbocycles. The summed E-state index contributed by atoms with van der Waals surface area (Å²) in [6.45, 7) is 3.98. The van der Waals surface area contributed by atoms with Crippen molar-refractivity contribution in [3.05, 3.63) is 5.56 Å². The second kappa shape index (κ2) is 6.97. The van der Waals surface area contributed by atoms with E-state index in [1.807, 2.05) is 11.8 Å². The predicted molar refractivity (Wildman–Crippen MR) is 80.1 cm³/mol. The Labute approximate surface area is 120 Å². The van der Waals surface area contributed by atoms with Crippen molar-refractivity contribution >= 4 is 40.1 Å². The van der Waals surface area contributed by atoms with E-state index in [-0.39, 0.29) is 5.82 Å². The molecule has 0 unspecified atom stereocenters. The van der Waals surface area contributed by atoms with Gasteiger partial charge in [-0.1, -0.05) is 0 Å². The SMILES string of the molecule is COC(=O)c1c(N)nsc1NCCN1CCSCC1. The zero-order valence-electron chi connectivity index (χ0n) is 10.8. The summed E-state index contributed by atoms with van der Waals surface area (Å²) in [6, 6.07) is 0. The van der Waals surface area contributed by atoms with Gasteiger partial charge in [-0.3, -0.25) is 4.90 Å². The Kier molecular flexibility index (Phi) is 5.29. The van der Waals surface area contributed by atoms with Gasteiger partial charge in [0.05, 0.1) is 7.11 Å². The van der Waals surface area contributed by atoms with Crippen molar-refractivity contribution in [3.8, 4) is 0 Å². The summed E-state index contributed by atoms with van der Waals surface area (Å²) >= 11 is 3.19. The number of hydrogen-bond donors (Lipinski definition) is 2. The molecule has 2 heterocycles. The van der Waals surface area contributed by atoms with Crippen LogP contribution in [0.2, 0.25) is 0 Å². The van der Waals surface area contributed by atoms with Gasteiger partial charge in [0.1, 0.15) is 10.6 Å². The van der Waals surface area contributed by atoms with Crippen LogP contribution in [0.4, 0.5) is 10.8 Å². The number of carbonyl (C=O) groups is 1. The number of methoxy groups -OCH3 is 1. The Morgan fingerprint density at radius 3 is 2.95 bits per heavy atom. The second-order valence-electron chi connectivity index (χ2n) is 4.14. The lowest BCUT2D eigenvalue weighted by Crippen LogP contribution is -2.36. The van der Waals surface area contributed by atoms with Crippen LogP contribution in [0.1, 0.15) is 10.4 Å². The Morgan fingerprint density at radius 2 is 2.26 bits per heavy atom. The second-order valence-corrected chi connectivity index (χ2v) is 6.14. The van der Waals surface area contributed by atoms with Crippen LogP contribution < -0.4 is 11.1 Å². The molecular formula is C11H18N4O2S2. The van der Waals surface area contributed by atoms with E-state index in [2.05, 4.69) is 14.6 Å². The Bertz CT molecular complexity index is 432. The maximum absolute atomic E-state index is 11.6. The van der Waals surface area contributed by atoms with Crippen molar-refractivity contribution in [2.75, 3.05) is 55.8 Å². The van der Waals surface area contributed by atoms with Gasteiger partial charge < -0.3 is 15.8 Å². The minimum Gasteiger partial charge on any atom is -0.465 e. The maximum atomic E-state index is 11.6. The average Bonchev–Trinajstić information content (AvgIpc) is 2.80. The van der Waals surface area contributed by atoms with Gasteiger partial charge in [0.25, 0.3) is 0 Å². The summed E-state index contributed by atoms with van der Waals surface area (Å²) in [5.74, 6) is 2.18. The maximum Gasteiger partial charge on any atom is 0.344 e. The van der Waals surface area contributed by atoms with Crippen LogP contribution >= 0.6 is 23.3 Å². The predicted octanol–water partition coefficient (Wildman–Crippen LogP) is 0.973. The number of thioether (sulfide) groups is 1. The van der Waals surface area contributed by atoms with Crippen LogP contribution in [0.3, 0.4) is 0 Å². The lowest BCUT2D eigenvalue weighted by atomic mass is 10.3. The molecule has 0 spiro atoms. The Balaban J connectivity index is 1.87. The quantitative estimate of drug-likeness (QED) is 0.785. The number of hydrogen-bond acceptors (Lipinski definition) is 8. The normalized spacial score (nSPS) is 16.3. The minimum atomic E-state index is -0.442. The Morgan fingerprint density at radius 1 is 1.53 bits per heavy atom. The molecule has 8 heteroatoms. The molecule has 0 atom stereocenters. The number of esters is 1. The van der Waals surface area contributed by atoms with Gasteiger partial charge in [-0.15, -0.1) is 0 Å². The average molecular weight is 302 g/mol. The van der Waals surface area contributed by atoms with Crippen LogP contribution in [-0.2, 0) is 4.74 Å². The van der Waals surface area contributed by atoms with E-state index in [4.69, 9.17) is 10.5 Å². The zero-order valence-corrected chi connectivity index (χ0v) is 12.5. The summed E-state index contributed by atoms with van der Waals surface area (Å²) in [7, 11) is 1.34. The molecule has 0 aliphatic carbocycles. The van der Waals surface area contributed by atoms with Crippen LogP contribution in [0, 0.1) is 0 Å². The molecule has 1 aliphatic heterocycles. The highest BCUT2D eigenvalue weighted by Gasteiger charge is 2.19. The number of anilines is 2. The van der Waals surface area contributed by atoms with Crippen LogP contribution in [0.5, 0.6) is 0 Å². The van der Waals surface area contributed by atoms with Crippen LogP contribution in [-0.4, -0.2) is 60.0 Å². The molecule has 19 heavy (non-hydrogen) atoms. The minimum absolute atomic E-state index is 0.230. The number of ether oxygens (including phenoxy) is 1. The van der Waals surface area contributed by atoms with E-state index < -0.39 is 5.97 Å². The van der Waals surface area contributed by atoms with Gasteiger partial charge in [-0.25, -0.2) is 4.79 Å². The molecule has 0 radical (unpaired) electrons. The molecule has 1 aromatic heterocycles. The van der Waals surface area contributed by atoms with Gasteiger partial charge in [-0.05, 0) is 11.5 Å². The fourth-order valence-electron chi connectivity index (χ4n) is 1.87. The molecule has 1 fully saturated rings. The lowest BCUT2D eigenvalue weighted by molar-refractivity contribution is 0.0603. The first-order valence-electron chi connectivity index (χ1n) is 6.10. The number of nitrogen functional groups attached to an aromatic ring is 1. The summed E-state index contributed by atoms with van der Waals surface area (Å²) in [6.07, 6.45) is 0. The summed E-state index contributed by atoms with van der Waals surface area (Å²) in [4.78, 5) is 14.0. The zero-order chi connectivity index (χ0) is 13.7. The smallest absolute Gasteiger partial charge is 0.344 e. The van der Waals surface area contributed by atoms with Crippen molar-refractivity contribution in [3.63, 3.8) is 0 Å². The van der Waals surface area contributed by atoms with Gasteiger partial charge in [0, 0.05) is 37.7 Å². The Hall–Kier alpha value is -0.990. The van der Waals surface area contributed by atoms with E-state index in [1.54, 1.807) is 0 Å². The first kappa shape index (κ1) is 14.4. The number of aromatic nitrogens is 1. The standard InChI is InChI=1S/C11H18N4O2S2/c1-17-11(16)8-9(12)14-19-10(8)13-2-3-15-4-6-18-7-5-15/h13H,2-7H2,1H3,(H2,12,14).